The van der Waals surface area contributed by atoms with Gasteiger partial charge in [-0.2, -0.15) is 18.3 Å². The molecule has 0 aliphatic carbocycles. The van der Waals surface area contributed by atoms with Gasteiger partial charge in [0, 0.05) is 33.9 Å². The van der Waals surface area contributed by atoms with E-state index >= 15 is 0 Å². The molecular weight excluding hydrogens is 499 g/mol. The Morgan fingerprint density at radius 2 is 2.00 bits per heavy atom. The normalized spacial score (nSPS) is 11.8. The summed E-state index contributed by atoms with van der Waals surface area (Å²) in [7, 11) is -1.92. The minimum Gasteiger partial charge on any atom is -0.495 e. The second-order valence-corrected chi connectivity index (χ2v) is 9.49. The van der Waals surface area contributed by atoms with Crippen molar-refractivity contribution in [1.82, 2.24) is 9.78 Å². The number of benzene rings is 2. The third-order valence-corrected chi connectivity index (χ3v) is 5.93. The van der Waals surface area contributed by atoms with Gasteiger partial charge in [-0.1, -0.05) is 11.8 Å². The first kappa shape index (κ1) is 23.0. The minimum atomic E-state index is -4.36. The van der Waals surface area contributed by atoms with Crippen LogP contribution in [0.5, 0.6) is 5.75 Å². The van der Waals surface area contributed by atoms with E-state index in [9.17, 15) is 21.6 Å². The molecule has 0 amide bonds. The summed E-state index contributed by atoms with van der Waals surface area (Å²) in [6.45, 7) is -0.939. The summed E-state index contributed by atoms with van der Waals surface area (Å²) in [5, 5.41) is 7.57. The Morgan fingerprint density at radius 3 is 2.65 bits per heavy atom. The van der Waals surface area contributed by atoms with E-state index in [2.05, 4.69) is 38.2 Å². The van der Waals surface area contributed by atoms with Crippen molar-refractivity contribution in [2.45, 2.75) is 17.6 Å². The van der Waals surface area contributed by atoms with Crippen LogP contribution in [0.25, 0.3) is 10.9 Å². The number of methoxy groups -OCH3 is 1. The van der Waals surface area contributed by atoms with Crippen molar-refractivity contribution in [2.75, 3.05) is 25.2 Å². The number of rotatable bonds is 5. The number of hydrogen-bond donors (Lipinski definition) is 1. The first-order valence-corrected chi connectivity index (χ1v) is 11.5. The van der Waals surface area contributed by atoms with Crippen molar-refractivity contribution in [3.05, 3.63) is 46.6 Å². The summed E-state index contributed by atoms with van der Waals surface area (Å²) in [6.07, 6.45) is -1.91. The number of hydrogen-bond acceptors (Lipinski definition) is 5. The van der Waals surface area contributed by atoms with Gasteiger partial charge in [0.2, 0.25) is 0 Å². The molecule has 0 aliphatic rings. The predicted octanol–water partition coefficient (Wildman–Crippen LogP) is 4.24. The van der Waals surface area contributed by atoms with Gasteiger partial charge < -0.3 is 10.1 Å². The van der Waals surface area contributed by atoms with Crippen LogP contribution in [-0.2, 0) is 16.4 Å². The standard InChI is InChI=1S/C20H17BrF3N3O3S/c1-30-19-10-14(31(2,28)29)5-6-17(19)25-7-3-4-13-8-16(21)15-11-27(12-20(22,23)24)26-18(15)9-13/h5-6,8-11,25H,7,12H2,1-2H3. The van der Waals surface area contributed by atoms with Gasteiger partial charge in [-0.3, -0.25) is 4.68 Å². The molecule has 11 heteroatoms. The highest BCUT2D eigenvalue weighted by molar-refractivity contribution is 9.10. The summed E-state index contributed by atoms with van der Waals surface area (Å²) in [5.41, 5.74) is 1.55. The lowest BCUT2D eigenvalue weighted by atomic mass is 10.2. The average Bonchev–Trinajstić information content (AvgIpc) is 3.05. The van der Waals surface area contributed by atoms with Gasteiger partial charge >= 0.3 is 6.18 Å². The van der Waals surface area contributed by atoms with Crippen LogP contribution in [-0.4, -0.2) is 44.3 Å². The van der Waals surface area contributed by atoms with Crippen LogP contribution in [0.15, 0.2) is 45.9 Å². The number of fused-ring (bicyclic) bond motifs is 1. The number of ether oxygens (including phenoxy) is 1. The molecule has 2 aromatic carbocycles. The van der Waals surface area contributed by atoms with Crippen LogP contribution in [0, 0.1) is 11.8 Å². The number of sulfone groups is 1. The van der Waals surface area contributed by atoms with E-state index in [1.165, 1.54) is 25.4 Å². The molecule has 0 spiro atoms. The zero-order valence-electron chi connectivity index (χ0n) is 16.4. The zero-order chi connectivity index (χ0) is 22.8. The van der Waals surface area contributed by atoms with Crippen LogP contribution < -0.4 is 10.1 Å². The first-order valence-electron chi connectivity index (χ1n) is 8.80. The number of alkyl halides is 3. The fourth-order valence-corrected chi connectivity index (χ4v) is 3.99. The topological polar surface area (TPSA) is 73.2 Å². The summed E-state index contributed by atoms with van der Waals surface area (Å²) < 4.78 is 67.7. The highest BCUT2D eigenvalue weighted by Crippen LogP contribution is 2.28. The smallest absolute Gasteiger partial charge is 0.408 e. The van der Waals surface area contributed by atoms with Gasteiger partial charge in [-0.05, 0) is 40.2 Å². The molecule has 1 N–H and O–H groups in total. The number of halogens is 4. The Morgan fingerprint density at radius 1 is 1.26 bits per heavy atom. The predicted molar refractivity (Wildman–Crippen MR) is 115 cm³/mol. The van der Waals surface area contributed by atoms with E-state index in [0.717, 1.165) is 10.9 Å². The van der Waals surface area contributed by atoms with Crippen LogP contribution in [0.2, 0.25) is 0 Å². The number of aromatic nitrogens is 2. The number of nitrogens with one attached hydrogen (secondary N) is 1. The molecule has 3 rings (SSSR count). The maximum Gasteiger partial charge on any atom is 0.408 e. The molecule has 0 radical (unpaired) electrons. The van der Waals surface area contributed by atoms with E-state index < -0.39 is 22.6 Å². The zero-order valence-corrected chi connectivity index (χ0v) is 18.8. The summed E-state index contributed by atoms with van der Waals surface area (Å²) >= 11 is 3.34. The third kappa shape index (κ3) is 5.92. The molecule has 1 aromatic heterocycles. The second-order valence-electron chi connectivity index (χ2n) is 6.62. The molecule has 0 atom stereocenters. The molecular formula is C20H17BrF3N3O3S. The highest BCUT2D eigenvalue weighted by Gasteiger charge is 2.28. The maximum atomic E-state index is 12.6. The Balaban J connectivity index is 1.75. The molecule has 0 aliphatic heterocycles. The Kier molecular flexibility index (Phi) is 6.52. The Bertz CT molecular complexity index is 1290. The van der Waals surface area contributed by atoms with Crippen molar-refractivity contribution < 1.29 is 26.3 Å². The quantitative estimate of drug-likeness (QED) is 0.514. The van der Waals surface area contributed by atoms with Gasteiger partial charge in [0.1, 0.15) is 12.3 Å². The van der Waals surface area contributed by atoms with Crippen molar-refractivity contribution in [2.24, 2.45) is 0 Å². The van der Waals surface area contributed by atoms with Gasteiger partial charge in [-0.15, -0.1) is 0 Å². The minimum absolute atomic E-state index is 0.143. The van der Waals surface area contributed by atoms with Crippen LogP contribution >= 0.6 is 15.9 Å². The van der Waals surface area contributed by atoms with E-state index in [0.29, 0.717) is 32.4 Å². The fraction of sp³-hybridized carbons (Fsp3) is 0.250. The summed E-state index contributed by atoms with van der Waals surface area (Å²) in [4.78, 5) is 0.143. The lowest BCUT2D eigenvalue weighted by Gasteiger charge is -2.10. The number of nitrogens with zero attached hydrogens (tertiary/aromatic N) is 2. The van der Waals surface area contributed by atoms with Crippen LogP contribution in [0.3, 0.4) is 0 Å². The van der Waals surface area contributed by atoms with Crippen molar-refractivity contribution >= 4 is 42.4 Å². The van der Waals surface area contributed by atoms with E-state index in [-0.39, 0.29) is 11.4 Å². The molecule has 0 bridgehead atoms. The molecule has 0 unspecified atom stereocenters. The lowest BCUT2D eigenvalue weighted by Crippen LogP contribution is -2.17. The molecule has 1 heterocycles. The van der Waals surface area contributed by atoms with Gasteiger partial charge in [0.15, 0.2) is 9.84 Å². The average molecular weight is 516 g/mol. The number of anilines is 1. The summed E-state index contributed by atoms with van der Waals surface area (Å²) in [5.74, 6) is 6.21. The van der Waals surface area contributed by atoms with Crippen molar-refractivity contribution in [1.29, 1.82) is 0 Å². The Hall–Kier alpha value is -2.71. The third-order valence-electron chi connectivity index (χ3n) is 4.16. The lowest BCUT2D eigenvalue weighted by molar-refractivity contribution is -0.142. The molecule has 0 fully saturated rings. The molecule has 31 heavy (non-hydrogen) atoms. The van der Waals surface area contributed by atoms with Crippen LogP contribution in [0.4, 0.5) is 18.9 Å². The maximum absolute atomic E-state index is 12.6. The monoisotopic (exact) mass is 515 g/mol. The largest absolute Gasteiger partial charge is 0.495 e. The van der Waals surface area contributed by atoms with Crippen molar-refractivity contribution in [3.63, 3.8) is 0 Å². The van der Waals surface area contributed by atoms with Crippen LogP contribution in [0.1, 0.15) is 5.56 Å². The van der Waals surface area contributed by atoms with Gasteiger partial charge in [-0.25, -0.2) is 8.42 Å². The molecule has 3 aromatic rings. The van der Waals surface area contributed by atoms with E-state index in [1.807, 2.05) is 0 Å². The van der Waals surface area contributed by atoms with E-state index in [1.54, 1.807) is 18.2 Å². The van der Waals surface area contributed by atoms with Crippen molar-refractivity contribution in [3.8, 4) is 17.6 Å². The molecule has 164 valence electrons. The second kappa shape index (κ2) is 8.80. The molecule has 0 saturated carbocycles. The molecule has 0 saturated heterocycles. The van der Waals surface area contributed by atoms with Gasteiger partial charge in [0.05, 0.1) is 29.8 Å². The van der Waals surface area contributed by atoms with E-state index in [4.69, 9.17) is 4.74 Å². The highest BCUT2D eigenvalue weighted by atomic mass is 79.9. The SMILES string of the molecule is COc1cc(S(C)(=O)=O)ccc1NCC#Cc1cc(Br)c2cn(CC(F)(F)F)nc2c1. The Labute approximate surface area is 185 Å². The fourth-order valence-electron chi connectivity index (χ4n) is 2.80. The molecule has 6 nitrogen and oxygen atoms in total. The first-order chi connectivity index (χ1) is 14.5. The van der Waals surface area contributed by atoms with Gasteiger partial charge in [0.25, 0.3) is 0 Å². The summed E-state index contributed by atoms with van der Waals surface area (Å²) in [6, 6.07) is 7.80.